The van der Waals surface area contributed by atoms with Gasteiger partial charge in [0.25, 0.3) is 0 Å². The van der Waals surface area contributed by atoms with Crippen LogP contribution in [0.4, 0.5) is 0 Å². The molecule has 0 aromatic heterocycles. The topological polar surface area (TPSA) is 9.23 Å². The number of ether oxygens (including phenoxy) is 1. The Labute approximate surface area is 102 Å². The summed E-state index contributed by atoms with van der Waals surface area (Å²) in [5.41, 5.74) is 1.26. The summed E-state index contributed by atoms with van der Waals surface area (Å²) >= 11 is 3.58. The zero-order valence-electron chi connectivity index (χ0n) is 8.58. The summed E-state index contributed by atoms with van der Waals surface area (Å²) in [4.78, 5) is 0. The van der Waals surface area contributed by atoms with Gasteiger partial charge in [0, 0.05) is 6.61 Å². The van der Waals surface area contributed by atoms with Crippen LogP contribution >= 0.6 is 12.9 Å². The molecule has 1 atom stereocenters. The van der Waals surface area contributed by atoms with Gasteiger partial charge in [0.15, 0.2) is 0 Å². The molecule has 74 valence electrons. The van der Waals surface area contributed by atoms with Crippen molar-refractivity contribution >= 4 is 31.1 Å². The molecule has 0 aliphatic heterocycles. The molecule has 1 rings (SSSR count). The van der Waals surface area contributed by atoms with Crippen LogP contribution in [0.3, 0.4) is 0 Å². The van der Waals surface area contributed by atoms with Gasteiger partial charge in [0.1, 0.15) is 0 Å². The largest absolute Gasteiger partial charge is 0.468 e. The minimum Gasteiger partial charge on any atom is -0.377 e. The molecule has 0 radical (unpaired) electrons. The number of benzene rings is 1. The average molecular weight is 267 g/mol. The maximum Gasteiger partial charge on any atom is 0.468 e. The number of hydrogen-bond acceptors (Lipinski definition) is 1. The van der Waals surface area contributed by atoms with Gasteiger partial charge in [-0.1, -0.05) is 37.3 Å². The van der Waals surface area contributed by atoms with Crippen molar-refractivity contribution in [1.82, 2.24) is 0 Å². The Hall–Kier alpha value is 0.426. The Morgan fingerprint density at radius 2 is 2.07 bits per heavy atom. The van der Waals surface area contributed by atoms with E-state index in [-0.39, 0.29) is 18.2 Å². The summed E-state index contributed by atoms with van der Waals surface area (Å²) in [6, 6.07) is 10.3. The first-order valence-corrected chi connectivity index (χ1v) is 9.90. The Balaban J connectivity index is 2.16. The van der Waals surface area contributed by atoms with E-state index >= 15 is 0 Å². The van der Waals surface area contributed by atoms with Crippen LogP contribution in [0.2, 0.25) is 4.55 Å². The smallest absolute Gasteiger partial charge is 0.377 e. The van der Waals surface area contributed by atoms with E-state index < -0.39 is 0 Å². The van der Waals surface area contributed by atoms with Gasteiger partial charge in [-0.25, -0.2) is 0 Å². The van der Waals surface area contributed by atoms with Crippen molar-refractivity contribution in [2.24, 2.45) is 5.92 Å². The lowest BCUT2D eigenvalue weighted by Gasteiger charge is -2.10. The normalized spacial score (nSPS) is 12.1. The van der Waals surface area contributed by atoms with Gasteiger partial charge >= 0.3 is 18.2 Å². The molecule has 0 saturated heterocycles. The van der Waals surface area contributed by atoms with E-state index in [1.807, 2.05) is 18.2 Å². The molecule has 14 heavy (non-hydrogen) atoms. The molecule has 1 unspecified atom stereocenters. The standard InChI is InChI=1S/C11H15O.BrH.Mg/c1-10(2)8-12-9-11-6-4-3-5-7-11;;/h3-7,10H,1,8-9H2,2H3;1H;/q;;+1/p-1. The lowest BCUT2D eigenvalue weighted by Crippen LogP contribution is -2.06. The van der Waals surface area contributed by atoms with Crippen LogP contribution in [0.5, 0.6) is 0 Å². The molecule has 1 nitrogen and oxygen atoms in total. The highest BCUT2D eigenvalue weighted by atomic mass is 79.9. The molecular formula is C11H15BrMgO. The van der Waals surface area contributed by atoms with E-state index in [0.717, 1.165) is 13.2 Å². The van der Waals surface area contributed by atoms with E-state index in [0.29, 0.717) is 5.92 Å². The molecule has 1 aromatic rings. The monoisotopic (exact) mass is 266 g/mol. The van der Waals surface area contributed by atoms with E-state index in [9.17, 15) is 0 Å². The number of halogens is 1. The van der Waals surface area contributed by atoms with Crippen LogP contribution in [0.1, 0.15) is 12.5 Å². The average Bonchev–Trinajstić information content (AvgIpc) is 2.20. The quantitative estimate of drug-likeness (QED) is 0.719. The van der Waals surface area contributed by atoms with E-state index in [2.05, 4.69) is 31.9 Å². The molecule has 0 aliphatic carbocycles. The van der Waals surface area contributed by atoms with Gasteiger partial charge in [-0.2, -0.15) is 0 Å². The van der Waals surface area contributed by atoms with Crippen molar-refractivity contribution < 1.29 is 4.74 Å². The fraction of sp³-hybridized carbons (Fsp3) is 0.455. The highest BCUT2D eigenvalue weighted by Crippen LogP contribution is 2.07. The number of rotatable bonds is 6. The second-order valence-electron chi connectivity index (χ2n) is 3.58. The Kier molecular flexibility index (Phi) is 6.86. The van der Waals surface area contributed by atoms with Crippen molar-refractivity contribution in [2.45, 2.75) is 18.1 Å². The molecule has 0 N–H and O–H groups in total. The first-order valence-electron chi connectivity index (χ1n) is 5.00. The third-order valence-corrected chi connectivity index (χ3v) is 4.69. The van der Waals surface area contributed by atoms with Crippen molar-refractivity contribution in [3.8, 4) is 0 Å². The van der Waals surface area contributed by atoms with Crippen LogP contribution in [-0.4, -0.2) is 24.8 Å². The Morgan fingerprint density at radius 3 is 2.71 bits per heavy atom. The fourth-order valence-electron chi connectivity index (χ4n) is 1.22. The first-order chi connectivity index (χ1) is 6.83. The van der Waals surface area contributed by atoms with Crippen LogP contribution in [-0.2, 0) is 11.3 Å². The zero-order chi connectivity index (χ0) is 10.2. The van der Waals surface area contributed by atoms with E-state index in [1.54, 1.807) is 0 Å². The van der Waals surface area contributed by atoms with Crippen molar-refractivity contribution in [1.29, 1.82) is 0 Å². The Bertz CT molecular complexity index is 240. The lowest BCUT2D eigenvalue weighted by molar-refractivity contribution is 0.0972. The van der Waals surface area contributed by atoms with Gasteiger partial charge in [-0.15, -0.1) is 4.55 Å². The molecule has 0 spiro atoms. The summed E-state index contributed by atoms with van der Waals surface area (Å²) in [6.07, 6.45) is 0. The third kappa shape index (κ3) is 5.34. The summed E-state index contributed by atoms with van der Waals surface area (Å²) in [5, 5.41) is 0. The van der Waals surface area contributed by atoms with Crippen molar-refractivity contribution in [3.05, 3.63) is 35.9 Å². The van der Waals surface area contributed by atoms with Crippen LogP contribution in [0, 0.1) is 5.92 Å². The summed E-state index contributed by atoms with van der Waals surface area (Å²) < 4.78 is 6.95. The summed E-state index contributed by atoms with van der Waals surface area (Å²) in [5.74, 6) is 0.699. The van der Waals surface area contributed by atoms with Crippen molar-refractivity contribution in [2.75, 3.05) is 6.61 Å². The molecule has 0 bridgehead atoms. The molecule has 0 saturated carbocycles. The van der Waals surface area contributed by atoms with Crippen molar-refractivity contribution in [3.63, 3.8) is 0 Å². The van der Waals surface area contributed by atoms with Gasteiger partial charge in [0.2, 0.25) is 0 Å². The predicted octanol–water partition coefficient (Wildman–Crippen LogP) is 3.27. The molecule has 3 heteroatoms. The molecule has 0 aliphatic rings. The van der Waals surface area contributed by atoms with E-state index in [1.165, 1.54) is 10.1 Å². The molecule has 0 amide bonds. The Morgan fingerprint density at radius 1 is 1.36 bits per heavy atom. The maximum absolute atomic E-state index is 5.64. The van der Waals surface area contributed by atoms with Gasteiger partial charge < -0.3 is 17.6 Å². The minimum absolute atomic E-state index is 0.00826. The molecular weight excluding hydrogens is 252 g/mol. The zero-order valence-corrected chi connectivity index (χ0v) is 11.6. The SMILES string of the molecule is CC(COCc1ccccc1)[CH2][Mg][Br]. The van der Waals surface area contributed by atoms with Gasteiger partial charge in [0.05, 0.1) is 6.61 Å². The van der Waals surface area contributed by atoms with Gasteiger partial charge in [-0.05, 0) is 11.5 Å². The second kappa shape index (κ2) is 7.68. The second-order valence-corrected chi connectivity index (χ2v) is 6.92. The predicted molar refractivity (Wildman–Crippen MR) is 64.8 cm³/mol. The lowest BCUT2D eigenvalue weighted by atomic mass is 10.2. The first kappa shape index (κ1) is 12.5. The molecule has 0 heterocycles. The van der Waals surface area contributed by atoms with Crippen LogP contribution < -0.4 is 0 Å². The third-order valence-electron chi connectivity index (χ3n) is 2.12. The maximum atomic E-state index is 5.64. The minimum atomic E-state index is 0.00826. The molecule has 0 fully saturated rings. The summed E-state index contributed by atoms with van der Waals surface area (Å²) in [7, 11) is 0. The molecule has 1 aromatic carbocycles. The summed E-state index contributed by atoms with van der Waals surface area (Å²) in [6.45, 7) is 3.88. The van der Waals surface area contributed by atoms with E-state index in [4.69, 9.17) is 4.74 Å². The van der Waals surface area contributed by atoms with Crippen LogP contribution in [0.15, 0.2) is 30.3 Å². The number of hydrogen-bond donors (Lipinski definition) is 0. The van der Waals surface area contributed by atoms with Crippen LogP contribution in [0.25, 0.3) is 0 Å². The fourth-order valence-corrected chi connectivity index (χ4v) is 4.11. The highest BCUT2D eigenvalue weighted by molar-refractivity contribution is 9.23. The van der Waals surface area contributed by atoms with Gasteiger partial charge in [-0.3, -0.25) is 0 Å². The highest BCUT2D eigenvalue weighted by Gasteiger charge is 2.02.